The highest BCUT2D eigenvalue weighted by atomic mass is 32.2. The van der Waals surface area contributed by atoms with E-state index in [-0.39, 0.29) is 0 Å². The summed E-state index contributed by atoms with van der Waals surface area (Å²) in [5.74, 6) is 0.906. The maximum Gasteiger partial charge on any atom is 0.117 e. The van der Waals surface area contributed by atoms with E-state index < -0.39 is 0 Å². The van der Waals surface area contributed by atoms with Crippen LogP contribution in [0.1, 0.15) is 11.1 Å². The Morgan fingerprint density at radius 1 is 1.10 bits per heavy atom. The van der Waals surface area contributed by atoms with E-state index in [9.17, 15) is 0 Å². The number of nitrogens with zero attached hydrogens (tertiary/aromatic N) is 2. The maximum absolute atomic E-state index is 5.79. The second-order valence-electron chi connectivity index (χ2n) is 4.67. The van der Waals surface area contributed by atoms with Crippen molar-refractivity contribution in [1.82, 2.24) is 9.97 Å². The lowest BCUT2D eigenvalue weighted by atomic mass is 10.1. The highest BCUT2D eigenvalue weighted by Gasteiger charge is 2.06. The molecule has 4 heteroatoms. The molecular formula is C16H15N3S. The molecule has 0 radical (unpaired) electrons. The van der Waals surface area contributed by atoms with Gasteiger partial charge in [0.1, 0.15) is 11.4 Å². The third-order valence-corrected chi connectivity index (χ3v) is 4.30. The van der Waals surface area contributed by atoms with Crippen molar-refractivity contribution in [2.45, 2.75) is 17.7 Å². The Kier molecular flexibility index (Phi) is 3.56. The van der Waals surface area contributed by atoms with E-state index in [1.807, 2.05) is 18.2 Å². The number of rotatable bonds is 3. The van der Waals surface area contributed by atoms with Crippen LogP contribution < -0.4 is 5.73 Å². The van der Waals surface area contributed by atoms with E-state index in [0.717, 1.165) is 27.4 Å². The fraction of sp³-hybridized carbons (Fsp3) is 0.125. The smallest absolute Gasteiger partial charge is 0.117 e. The average Bonchev–Trinajstić information content (AvgIpc) is 2.46. The molecule has 0 amide bonds. The van der Waals surface area contributed by atoms with Crippen LogP contribution in [-0.4, -0.2) is 9.97 Å². The molecule has 20 heavy (non-hydrogen) atoms. The number of nitrogens with two attached hydrogens (primary N) is 1. The summed E-state index contributed by atoms with van der Waals surface area (Å²) in [6, 6.07) is 14.2. The number of thioether (sulfide) groups is 1. The van der Waals surface area contributed by atoms with Crippen LogP contribution >= 0.6 is 11.8 Å². The minimum Gasteiger partial charge on any atom is -0.399 e. The zero-order valence-corrected chi connectivity index (χ0v) is 12.0. The van der Waals surface area contributed by atoms with Gasteiger partial charge in [0.25, 0.3) is 0 Å². The summed E-state index contributed by atoms with van der Waals surface area (Å²) in [6.07, 6.45) is 1.60. The first-order valence-corrected chi connectivity index (χ1v) is 7.40. The van der Waals surface area contributed by atoms with Gasteiger partial charge in [-0.25, -0.2) is 9.97 Å². The number of aromatic nitrogens is 2. The molecule has 0 saturated carbocycles. The molecule has 2 aromatic carbocycles. The molecule has 3 aromatic rings. The predicted molar refractivity (Wildman–Crippen MR) is 84.7 cm³/mol. The van der Waals surface area contributed by atoms with Gasteiger partial charge in [-0.15, -0.1) is 11.8 Å². The second-order valence-corrected chi connectivity index (χ2v) is 5.63. The normalized spacial score (nSPS) is 10.8. The van der Waals surface area contributed by atoms with Gasteiger partial charge in [0, 0.05) is 16.8 Å². The highest BCUT2D eigenvalue weighted by molar-refractivity contribution is 7.98. The van der Waals surface area contributed by atoms with Crippen LogP contribution in [0, 0.1) is 6.92 Å². The minimum atomic E-state index is 0.728. The predicted octanol–water partition coefficient (Wildman–Crippen LogP) is 3.81. The van der Waals surface area contributed by atoms with E-state index in [1.165, 1.54) is 11.1 Å². The van der Waals surface area contributed by atoms with Gasteiger partial charge in [0.05, 0.1) is 5.52 Å². The molecule has 3 nitrogen and oxygen atoms in total. The molecule has 1 heterocycles. The number of hydrogen-bond donors (Lipinski definition) is 1. The average molecular weight is 281 g/mol. The van der Waals surface area contributed by atoms with Gasteiger partial charge in [0.2, 0.25) is 0 Å². The zero-order valence-electron chi connectivity index (χ0n) is 11.2. The summed E-state index contributed by atoms with van der Waals surface area (Å²) < 4.78 is 0. The Labute approximate surface area is 122 Å². The largest absolute Gasteiger partial charge is 0.399 e. The molecule has 2 N–H and O–H groups in total. The molecule has 0 spiro atoms. The summed E-state index contributed by atoms with van der Waals surface area (Å²) in [5, 5.41) is 2.05. The first kappa shape index (κ1) is 12.9. The molecule has 0 aliphatic heterocycles. The van der Waals surface area contributed by atoms with Crippen molar-refractivity contribution >= 4 is 28.4 Å². The number of anilines is 1. The number of hydrogen-bond acceptors (Lipinski definition) is 4. The molecule has 0 bridgehead atoms. The van der Waals surface area contributed by atoms with E-state index in [2.05, 4.69) is 41.2 Å². The highest BCUT2D eigenvalue weighted by Crippen LogP contribution is 2.28. The van der Waals surface area contributed by atoms with E-state index >= 15 is 0 Å². The Hall–Kier alpha value is -2.07. The van der Waals surface area contributed by atoms with Crippen molar-refractivity contribution in [2.75, 3.05) is 5.73 Å². The van der Waals surface area contributed by atoms with Gasteiger partial charge in [-0.1, -0.05) is 24.3 Å². The first-order valence-electron chi connectivity index (χ1n) is 6.41. The van der Waals surface area contributed by atoms with Gasteiger partial charge in [-0.05, 0) is 36.2 Å². The topological polar surface area (TPSA) is 51.8 Å². The number of fused-ring (bicyclic) bond motifs is 1. The number of aryl methyl sites for hydroxylation is 1. The molecule has 3 rings (SSSR count). The lowest BCUT2D eigenvalue weighted by molar-refractivity contribution is 1.10. The third-order valence-electron chi connectivity index (χ3n) is 3.25. The Morgan fingerprint density at radius 3 is 2.80 bits per heavy atom. The van der Waals surface area contributed by atoms with Gasteiger partial charge >= 0.3 is 0 Å². The van der Waals surface area contributed by atoms with Crippen LogP contribution in [0.25, 0.3) is 10.9 Å². The van der Waals surface area contributed by atoms with Crippen molar-refractivity contribution in [3.63, 3.8) is 0 Å². The van der Waals surface area contributed by atoms with Crippen molar-refractivity contribution in [3.05, 3.63) is 59.9 Å². The maximum atomic E-state index is 5.79. The van der Waals surface area contributed by atoms with Crippen LogP contribution in [0.5, 0.6) is 0 Å². The quantitative estimate of drug-likeness (QED) is 0.450. The first-order chi connectivity index (χ1) is 9.74. The number of nitrogen functional groups attached to an aromatic ring is 1. The summed E-state index contributed by atoms with van der Waals surface area (Å²) in [7, 11) is 0. The third kappa shape index (κ3) is 2.60. The van der Waals surface area contributed by atoms with E-state index in [1.54, 1.807) is 18.1 Å². The van der Waals surface area contributed by atoms with Gasteiger partial charge < -0.3 is 5.73 Å². The Bertz CT molecular complexity index is 756. The van der Waals surface area contributed by atoms with Gasteiger partial charge in [0.15, 0.2) is 0 Å². The van der Waals surface area contributed by atoms with Crippen molar-refractivity contribution in [2.24, 2.45) is 0 Å². The molecule has 0 aliphatic rings. The van der Waals surface area contributed by atoms with E-state index in [0.29, 0.717) is 0 Å². The SMILES string of the molecule is Cc1ccccc1CSc1ncnc2cc(N)ccc12. The van der Waals surface area contributed by atoms with Crippen LogP contribution in [-0.2, 0) is 5.75 Å². The van der Waals surface area contributed by atoms with Crippen LogP contribution in [0.4, 0.5) is 5.69 Å². The van der Waals surface area contributed by atoms with Crippen LogP contribution in [0.15, 0.2) is 53.8 Å². The molecule has 0 unspecified atom stereocenters. The van der Waals surface area contributed by atoms with Crippen LogP contribution in [0.2, 0.25) is 0 Å². The molecule has 1 aromatic heterocycles. The minimum absolute atomic E-state index is 0.728. The molecule has 0 atom stereocenters. The lowest BCUT2D eigenvalue weighted by Crippen LogP contribution is -1.91. The second kappa shape index (κ2) is 5.51. The summed E-state index contributed by atoms with van der Waals surface area (Å²) >= 11 is 1.73. The summed E-state index contributed by atoms with van der Waals surface area (Å²) in [5.41, 5.74) is 10.1. The van der Waals surface area contributed by atoms with Crippen molar-refractivity contribution in [3.8, 4) is 0 Å². The molecule has 100 valence electrons. The zero-order chi connectivity index (χ0) is 13.9. The van der Waals surface area contributed by atoms with Gasteiger partial charge in [-0.2, -0.15) is 0 Å². The molecule has 0 saturated heterocycles. The van der Waals surface area contributed by atoms with Gasteiger partial charge in [-0.3, -0.25) is 0 Å². The number of benzene rings is 2. The summed E-state index contributed by atoms with van der Waals surface area (Å²) in [6.45, 7) is 2.13. The van der Waals surface area contributed by atoms with Crippen molar-refractivity contribution in [1.29, 1.82) is 0 Å². The Balaban J connectivity index is 1.90. The standard InChI is InChI=1S/C16H15N3S/c1-11-4-2-3-5-12(11)9-20-16-14-7-6-13(17)8-15(14)18-10-19-16/h2-8,10H,9,17H2,1H3. The molecule has 0 aliphatic carbocycles. The van der Waals surface area contributed by atoms with E-state index in [4.69, 9.17) is 5.73 Å². The lowest BCUT2D eigenvalue weighted by Gasteiger charge is -2.07. The van der Waals surface area contributed by atoms with Crippen molar-refractivity contribution < 1.29 is 0 Å². The summed E-state index contributed by atoms with van der Waals surface area (Å²) in [4.78, 5) is 8.66. The monoisotopic (exact) mass is 281 g/mol. The molecular weight excluding hydrogens is 266 g/mol. The fourth-order valence-electron chi connectivity index (χ4n) is 2.08. The molecule has 0 fully saturated rings. The Morgan fingerprint density at radius 2 is 1.95 bits per heavy atom. The fourth-order valence-corrected chi connectivity index (χ4v) is 3.15. The van der Waals surface area contributed by atoms with Crippen LogP contribution in [0.3, 0.4) is 0 Å².